The van der Waals surface area contributed by atoms with Gasteiger partial charge in [0.05, 0.1) is 0 Å². The molecule has 1 aromatic carbocycles. The molecule has 8 heteroatoms. The molecule has 0 aliphatic rings. The summed E-state index contributed by atoms with van der Waals surface area (Å²) in [5.41, 5.74) is 0. The first-order chi connectivity index (χ1) is 9.36. The van der Waals surface area contributed by atoms with Crippen LogP contribution in [0.5, 0.6) is 5.75 Å². The lowest BCUT2D eigenvalue weighted by molar-refractivity contribution is 0.260. The first-order valence-corrected chi connectivity index (χ1v) is 5.86. The zero-order chi connectivity index (χ0) is 15.3. The topological polar surface area (TPSA) is 24.5 Å². The quantitative estimate of drug-likeness (QED) is 0.360. The first kappa shape index (κ1) is 16.6. The summed E-state index contributed by atoms with van der Waals surface area (Å²) < 4.78 is 69.5. The molecule has 114 valence electrons. The summed E-state index contributed by atoms with van der Waals surface area (Å²) >= 11 is 0. The van der Waals surface area contributed by atoms with Gasteiger partial charge in [-0.25, -0.2) is 13.2 Å². The molecule has 0 bridgehead atoms. The van der Waals surface area contributed by atoms with Crippen molar-refractivity contribution in [1.29, 1.82) is 0 Å². The van der Waals surface area contributed by atoms with E-state index in [2.05, 4.69) is 10.1 Å². The molecule has 0 heterocycles. The number of likely N-dealkylation sites (N-methyl/N-ethyl adjacent to an activating group) is 1. The van der Waals surface area contributed by atoms with E-state index in [9.17, 15) is 22.0 Å². The number of halogens is 5. The highest BCUT2D eigenvalue weighted by molar-refractivity contribution is 5.29. The summed E-state index contributed by atoms with van der Waals surface area (Å²) in [4.78, 5) is 1.91. The van der Waals surface area contributed by atoms with E-state index in [0.29, 0.717) is 6.54 Å². The maximum absolute atomic E-state index is 13.2. The van der Waals surface area contributed by atoms with Crippen LogP contribution < -0.4 is 10.1 Å². The molecule has 0 aliphatic heterocycles. The van der Waals surface area contributed by atoms with Crippen molar-refractivity contribution < 1.29 is 26.7 Å². The molecule has 0 radical (unpaired) electrons. The lowest BCUT2D eigenvalue weighted by atomic mass is 10.2. The van der Waals surface area contributed by atoms with Gasteiger partial charge in [0.25, 0.3) is 0 Å². The third-order valence-corrected chi connectivity index (χ3v) is 2.43. The predicted octanol–water partition coefficient (Wildman–Crippen LogP) is 1.91. The molecule has 3 nitrogen and oxygen atoms in total. The Morgan fingerprint density at radius 1 is 0.850 bits per heavy atom. The fourth-order valence-corrected chi connectivity index (χ4v) is 1.36. The Morgan fingerprint density at radius 2 is 1.35 bits per heavy atom. The zero-order valence-electron chi connectivity index (χ0n) is 11.1. The normalized spacial score (nSPS) is 11.2. The molecule has 0 amide bonds. The van der Waals surface area contributed by atoms with Crippen molar-refractivity contribution in [3.05, 3.63) is 29.1 Å². The van der Waals surface area contributed by atoms with E-state index in [-0.39, 0.29) is 13.2 Å². The summed E-state index contributed by atoms with van der Waals surface area (Å²) in [6, 6.07) is 0. The minimum Gasteiger partial charge on any atom is -0.486 e. The SMILES string of the molecule is CN(C)CCNCCOc1c(F)c(F)c(F)c(F)c1F. The fraction of sp³-hybridized carbons (Fsp3) is 0.500. The van der Waals surface area contributed by atoms with Gasteiger partial charge in [-0.2, -0.15) is 8.78 Å². The van der Waals surface area contributed by atoms with Crippen molar-refractivity contribution in [3.8, 4) is 5.75 Å². The van der Waals surface area contributed by atoms with Crippen LogP contribution in [0, 0.1) is 29.1 Å². The van der Waals surface area contributed by atoms with Crippen molar-refractivity contribution in [2.75, 3.05) is 40.3 Å². The second-order valence-electron chi connectivity index (χ2n) is 4.30. The lowest BCUT2D eigenvalue weighted by Gasteiger charge is -2.12. The van der Waals surface area contributed by atoms with Crippen LogP contribution >= 0.6 is 0 Å². The van der Waals surface area contributed by atoms with Crippen molar-refractivity contribution >= 4 is 0 Å². The monoisotopic (exact) mass is 298 g/mol. The molecule has 0 aromatic heterocycles. The third-order valence-electron chi connectivity index (χ3n) is 2.43. The van der Waals surface area contributed by atoms with Crippen molar-refractivity contribution in [2.24, 2.45) is 0 Å². The van der Waals surface area contributed by atoms with E-state index in [4.69, 9.17) is 0 Å². The van der Waals surface area contributed by atoms with Crippen LogP contribution in [-0.2, 0) is 0 Å². The van der Waals surface area contributed by atoms with Gasteiger partial charge in [-0.3, -0.25) is 0 Å². The van der Waals surface area contributed by atoms with Crippen LogP contribution in [0.3, 0.4) is 0 Å². The maximum atomic E-state index is 13.2. The van der Waals surface area contributed by atoms with Crippen LogP contribution in [0.25, 0.3) is 0 Å². The molecule has 0 atom stereocenters. The standard InChI is InChI=1S/C12H15F5N2O/c1-19(2)5-3-18-4-6-20-12-10(16)8(14)7(13)9(15)11(12)17/h18H,3-6H2,1-2H3. The largest absolute Gasteiger partial charge is 0.486 e. The van der Waals surface area contributed by atoms with E-state index in [1.807, 2.05) is 19.0 Å². The molecule has 0 aliphatic carbocycles. The number of ether oxygens (including phenoxy) is 1. The second-order valence-corrected chi connectivity index (χ2v) is 4.30. The number of nitrogens with zero attached hydrogens (tertiary/aromatic N) is 1. The molecule has 0 saturated heterocycles. The number of benzene rings is 1. The molecule has 0 unspecified atom stereocenters. The van der Waals surface area contributed by atoms with E-state index < -0.39 is 34.8 Å². The highest BCUT2D eigenvalue weighted by Gasteiger charge is 2.26. The van der Waals surface area contributed by atoms with Gasteiger partial charge in [0.15, 0.2) is 5.75 Å². The number of nitrogens with one attached hydrogen (secondary N) is 1. The Morgan fingerprint density at radius 3 is 1.85 bits per heavy atom. The Kier molecular flexibility index (Phi) is 6.15. The highest BCUT2D eigenvalue weighted by atomic mass is 19.2. The molecule has 0 saturated carbocycles. The predicted molar refractivity (Wildman–Crippen MR) is 63.2 cm³/mol. The van der Waals surface area contributed by atoms with Gasteiger partial charge < -0.3 is 15.0 Å². The molecule has 0 spiro atoms. The van der Waals surface area contributed by atoms with Crippen molar-refractivity contribution in [1.82, 2.24) is 10.2 Å². The van der Waals surface area contributed by atoms with Gasteiger partial charge in [0, 0.05) is 19.6 Å². The molecular weight excluding hydrogens is 283 g/mol. The van der Waals surface area contributed by atoms with Gasteiger partial charge in [0.2, 0.25) is 29.1 Å². The average molecular weight is 298 g/mol. The molecule has 1 N–H and O–H groups in total. The number of hydrogen-bond acceptors (Lipinski definition) is 3. The summed E-state index contributed by atoms with van der Waals surface area (Å²) in [7, 11) is 3.74. The average Bonchev–Trinajstić information content (AvgIpc) is 2.41. The molecule has 1 rings (SSSR count). The van der Waals surface area contributed by atoms with E-state index in [0.717, 1.165) is 6.54 Å². The fourth-order valence-electron chi connectivity index (χ4n) is 1.36. The third kappa shape index (κ3) is 4.04. The van der Waals surface area contributed by atoms with Crippen LogP contribution in [0.15, 0.2) is 0 Å². The van der Waals surface area contributed by atoms with E-state index in [1.54, 1.807) is 0 Å². The summed E-state index contributed by atoms with van der Waals surface area (Å²) in [6.07, 6.45) is 0. The molecule has 1 aromatic rings. The van der Waals surface area contributed by atoms with E-state index >= 15 is 0 Å². The zero-order valence-corrected chi connectivity index (χ0v) is 11.1. The minimum atomic E-state index is -2.20. The van der Waals surface area contributed by atoms with Crippen LogP contribution in [0.2, 0.25) is 0 Å². The Balaban J connectivity index is 2.57. The van der Waals surface area contributed by atoms with Crippen molar-refractivity contribution in [2.45, 2.75) is 0 Å². The summed E-state index contributed by atoms with van der Waals surface area (Å²) in [5.74, 6) is -11.4. The maximum Gasteiger partial charge on any atom is 0.206 e. The minimum absolute atomic E-state index is 0.216. The van der Waals surface area contributed by atoms with Gasteiger partial charge in [-0.15, -0.1) is 0 Å². The lowest BCUT2D eigenvalue weighted by Crippen LogP contribution is -2.29. The first-order valence-electron chi connectivity index (χ1n) is 5.86. The van der Waals surface area contributed by atoms with Crippen LogP contribution in [-0.4, -0.2) is 45.2 Å². The summed E-state index contributed by atoms with van der Waals surface area (Å²) in [6.45, 7) is 1.34. The number of hydrogen-bond donors (Lipinski definition) is 1. The van der Waals surface area contributed by atoms with Gasteiger partial charge >= 0.3 is 0 Å². The van der Waals surface area contributed by atoms with Gasteiger partial charge in [-0.05, 0) is 14.1 Å². The number of rotatable bonds is 7. The van der Waals surface area contributed by atoms with Gasteiger partial charge in [0.1, 0.15) is 6.61 Å². The van der Waals surface area contributed by atoms with Gasteiger partial charge in [-0.1, -0.05) is 0 Å². The Bertz CT molecular complexity index is 439. The Labute approximate surface area is 113 Å². The van der Waals surface area contributed by atoms with Crippen LogP contribution in [0.4, 0.5) is 22.0 Å². The van der Waals surface area contributed by atoms with Crippen molar-refractivity contribution in [3.63, 3.8) is 0 Å². The molecule has 20 heavy (non-hydrogen) atoms. The highest BCUT2D eigenvalue weighted by Crippen LogP contribution is 2.28. The second kappa shape index (κ2) is 7.39. The smallest absolute Gasteiger partial charge is 0.206 e. The van der Waals surface area contributed by atoms with E-state index in [1.165, 1.54) is 0 Å². The summed E-state index contributed by atoms with van der Waals surface area (Å²) in [5, 5.41) is 2.89. The molecule has 0 fully saturated rings. The van der Waals surface area contributed by atoms with Crippen LogP contribution in [0.1, 0.15) is 0 Å². The molecular formula is C12H15F5N2O. The Hall–Kier alpha value is -1.41.